The predicted octanol–water partition coefficient (Wildman–Crippen LogP) is 1.47. The molecule has 1 aromatic heterocycles. The average Bonchev–Trinajstić information content (AvgIpc) is 2.84. The molecule has 2 aromatic rings. The molecule has 1 aliphatic heterocycles. The molecule has 0 fully saturated rings. The Labute approximate surface area is 111 Å². The molecule has 1 aromatic carbocycles. The molecule has 5 nitrogen and oxygen atoms in total. The SMILES string of the molecule is Cc1nc(CN2CCc3ccccc3C2CO)no1. The Morgan fingerprint density at radius 3 is 3.00 bits per heavy atom. The van der Waals surface area contributed by atoms with Crippen LogP contribution in [-0.2, 0) is 13.0 Å². The van der Waals surface area contributed by atoms with Crippen LogP contribution < -0.4 is 0 Å². The van der Waals surface area contributed by atoms with Crippen LogP contribution in [0.15, 0.2) is 28.8 Å². The summed E-state index contributed by atoms with van der Waals surface area (Å²) in [4.78, 5) is 6.43. The Morgan fingerprint density at radius 1 is 1.42 bits per heavy atom. The van der Waals surface area contributed by atoms with Crippen molar-refractivity contribution in [3.05, 3.63) is 47.1 Å². The Bertz CT molecular complexity index is 567. The quantitative estimate of drug-likeness (QED) is 0.904. The maximum atomic E-state index is 9.69. The van der Waals surface area contributed by atoms with E-state index >= 15 is 0 Å². The van der Waals surface area contributed by atoms with Gasteiger partial charge in [0.1, 0.15) is 0 Å². The van der Waals surface area contributed by atoms with Gasteiger partial charge >= 0.3 is 0 Å². The van der Waals surface area contributed by atoms with Crippen LogP contribution in [0.25, 0.3) is 0 Å². The number of hydrogen-bond acceptors (Lipinski definition) is 5. The van der Waals surface area contributed by atoms with Crippen LogP contribution in [0.1, 0.15) is 28.9 Å². The molecule has 3 rings (SSSR count). The number of aliphatic hydroxyl groups excluding tert-OH is 1. The minimum absolute atomic E-state index is 0.0174. The molecule has 1 aliphatic rings. The normalized spacial score (nSPS) is 19.4. The molecule has 1 atom stereocenters. The van der Waals surface area contributed by atoms with Gasteiger partial charge in [-0.05, 0) is 17.5 Å². The third-order valence-electron chi connectivity index (χ3n) is 3.61. The van der Waals surface area contributed by atoms with Crippen molar-refractivity contribution in [2.45, 2.75) is 25.9 Å². The molecule has 19 heavy (non-hydrogen) atoms. The van der Waals surface area contributed by atoms with Gasteiger partial charge in [0.15, 0.2) is 5.82 Å². The number of aryl methyl sites for hydroxylation is 1. The average molecular weight is 259 g/mol. The molecule has 0 saturated heterocycles. The molecule has 0 radical (unpaired) electrons. The highest BCUT2D eigenvalue weighted by molar-refractivity contribution is 5.32. The van der Waals surface area contributed by atoms with Crippen molar-refractivity contribution in [2.75, 3.05) is 13.2 Å². The minimum Gasteiger partial charge on any atom is -0.394 e. The summed E-state index contributed by atoms with van der Waals surface area (Å²) in [6.45, 7) is 3.39. The summed E-state index contributed by atoms with van der Waals surface area (Å²) in [7, 11) is 0. The van der Waals surface area contributed by atoms with E-state index in [1.165, 1.54) is 11.1 Å². The lowest BCUT2D eigenvalue weighted by molar-refractivity contribution is 0.105. The maximum absolute atomic E-state index is 9.69. The van der Waals surface area contributed by atoms with Crippen LogP contribution >= 0.6 is 0 Å². The zero-order valence-corrected chi connectivity index (χ0v) is 10.9. The Balaban J connectivity index is 1.84. The van der Waals surface area contributed by atoms with Gasteiger partial charge in [0.2, 0.25) is 5.89 Å². The second-order valence-corrected chi connectivity index (χ2v) is 4.85. The second-order valence-electron chi connectivity index (χ2n) is 4.85. The summed E-state index contributed by atoms with van der Waals surface area (Å²) in [6, 6.07) is 8.30. The third-order valence-corrected chi connectivity index (χ3v) is 3.61. The number of nitrogens with zero attached hydrogens (tertiary/aromatic N) is 3. The lowest BCUT2D eigenvalue weighted by atomic mass is 9.93. The summed E-state index contributed by atoms with van der Waals surface area (Å²) in [5.41, 5.74) is 2.53. The first-order valence-electron chi connectivity index (χ1n) is 6.50. The minimum atomic E-state index is 0.0174. The summed E-state index contributed by atoms with van der Waals surface area (Å²) in [5, 5.41) is 13.6. The largest absolute Gasteiger partial charge is 0.394 e. The van der Waals surface area contributed by atoms with Crippen molar-refractivity contribution in [3.63, 3.8) is 0 Å². The molecule has 0 aliphatic carbocycles. The van der Waals surface area contributed by atoms with Crippen molar-refractivity contribution < 1.29 is 9.63 Å². The van der Waals surface area contributed by atoms with Crippen molar-refractivity contribution in [1.29, 1.82) is 0 Å². The lowest BCUT2D eigenvalue weighted by Gasteiger charge is -2.35. The highest BCUT2D eigenvalue weighted by atomic mass is 16.5. The Morgan fingerprint density at radius 2 is 2.26 bits per heavy atom. The van der Waals surface area contributed by atoms with Gasteiger partial charge in [-0.3, -0.25) is 4.90 Å². The zero-order chi connectivity index (χ0) is 13.2. The molecule has 0 saturated carbocycles. The smallest absolute Gasteiger partial charge is 0.223 e. The molecule has 100 valence electrons. The molecule has 1 N–H and O–H groups in total. The number of fused-ring (bicyclic) bond motifs is 1. The number of hydrogen-bond donors (Lipinski definition) is 1. The first-order chi connectivity index (χ1) is 9.28. The molecule has 2 heterocycles. The van der Waals surface area contributed by atoms with E-state index in [2.05, 4.69) is 27.2 Å². The van der Waals surface area contributed by atoms with E-state index in [1.807, 2.05) is 12.1 Å². The number of aliphatic hydroxyl groups is 1. The van der Waals surface area contributed by atoms with E-state index in [1.54, 1.807) is 6.92 Å². The number of benzene rings is 1. The molecule has 1 unspecified atom stereocenters. The fourth-order valence-electron chi connectivity index (χ4n) is 2.69. The van der Waals surface area contributed by atoms with Crippen LogP contribution in [0.4, 0.5) is 0 Å². The summed E-state index contributed by atoms with van der Waals surface area (Å²) < 4.78 is 4.99. The van der Waals surface area contributed by atoms with E-state index in [9.17, 15) is 5.11 Å². The van der Waals surface area contributed by atoms with Crippen molar-refractivity contribution in [2.24, 2.45) is 0 Å². The first-order valence-corrected chi connectivity index (χ1v) is 6.50. The van der Waals surface area contributed by atoms with Crippen molar-refractivity contribution in [3.8, 4) is 0 Å². The van der Waals surface area contributed by atoms with Crippen LogP contribution in [0.3, 0.4) is 0 Å². The van der Waals surface area contributed by atoms with E-state index in [4.69, 9.17) is 4.52 Å². The van der Waals surface area contributed by atoms with Gasteiger partial charge in [0.05, 0.1) is 19.2 Å². The Hall–Kier alpha value is -1.72. The summed E-state index contributed by atoms with van der Waals surface area (Å²) in [5.74, 6) is 1.25. The molecule has 0 amide bonds. The maximum Gasteiger partial charge on any atom is 0.223 e. The predicted molar refractivity (Wildman–Crippen MR) is 69.4 cm³/mol. The highest BCUT2D eigenvalue weighted by Crippen LogP contribution is 2.29. The lowest BCUT2D eigenvalue weighted by Crippen LogP contribution is -2.37. The van der Waals surface area contributed by atoms with Gasteiger partial charge < -0.3 is 9.63 Å². The molecule has 5 heteroatoms. The van der Waals surface area contributed by atoms with Gasteiger partial charge in [-0.2, -0.15) is 4.98 Å². The van der Waals surface area contributed by atoms with E-state index < -0.39 is 0 Å². The van der Waals surface area contributed by atoms with Crippen LogP contribution in [0.2, 0.25) is 0 Å². The van der Waals surface area contributed by atoms with Crippen molar-refractivity contribution in [1.82, 2.24) is 15.0 Å². The van der Waals surface area contributed by atoms with Gasteiger partial charge in [0.25, 0.3) is 0 Å². The van der Waals surface area contributed by atoms with E-state index in [0.29, 0.717) is 18.3 Å². The van der Waals surface area contributed by atoms with E-state index in [0.717, 1.165) is 13.0 Å². The van der Waals surface area contributed by atoms with Crippen LogP contribution in [0.5, 0.6) is 0 Å². The third kappa shape index (κ3) is 2.39. The Kier molecular flexibility index (Phi) is 3.31. The number of rotatable bonds is 3. The number of aromatic nitrogens is 2. The molecular formula is C14H17N3O2. The standard InChI is InChI=1S/C14H17N3O2/c1-10-15-14(16-19-10)8-17-7-6-11-4-2-3-5-12(11)13(17)9-18/h2-5,13,18H,6-9H2,1H3. The topological polar surface area (TPSA) is 62.4 Å². The van der Waals surface area contributed by atoms with Crippen LogP contribution in [0, 0.1) is 6.92 Å². The highest BCUT2D eigenvalue weighted by Gasteiger charge is 2.27. The van der Waals surface area contributed by atoms with Gasteiger partial charge in [0, 0.05) is 13.5 Å². The summed E-state index contributed by atoms with van der Waals surface area (Å²) in [6.07, 6.45) is 0.990. The first kappa shape index (κ1) is 12.3. The van der Waals surface area contributed by atoms with Crippen molar-refractivity contribution >= 4 is 0 Å². The second kappa shape index (κ2) is 5.11. The molecule has 0 spiro atoms. The fourth-order valence-corrected chi connectivity index (χ4v) is 2.69. The monoisotopic (exact) mass is 259 g/mol. The van der Waals surface area contributed by atoms with E-state index in [-0.39, 0.29) is 12.6 Å². The molecule has 0 bridgehead atoms. The fraction of sp³-hybridized carbons (Fsp3) is 0.429. The zero-order valence-electron chi connectivity index (χ0n) is 10.9. The van der Waals surface area contributed by atoms with Crippen LogP contribution in [-0.4, -0.2) is 33.3 Å². The van der Waals surface area contributed by atoms with Gasteiger partial charge in [-0.1, -0.05) is 29.4 Å². The molecular weight excluding hydrogens is 242 g/mol. The van der Waals surface area contributed by atoms with Gasteiger partial charge in [-0.25, -0.2) is 0 Å². The van der Waals surface area contributed by atoms with Gasteiger partial charge in [-0.15, -0.1) is 0 Å². The summed E-state index contributed by atoms with van der Waals surface area (Å²) >= 11 is 0.